The lowest BCUT2D eigenvalue weighted by molar-refractivity contribution is 0.400. The van der Waals surface area contributed by atoms with Crippen LogP contribution in [0.2, 0.25) is 0 Å². The Labute approximate surface area is 136 Å². The molecular formula is C17H24N4S. The van der Waals surface area contributed by atoms with Crippen molar-refractivity contribution in [3.8, 4) is 0 Å². The average Bonchev–Trinajstić information content (AvgIpc) is 3.01. The van der Waals surface area contributed by atoms with E-state index in [0.29, 0.717) is 0 Å². The van der Waals surface area contributed by atoms with Gasteiger partial charge in [0.25, 0.3) is 0 Å². The standard InChI is InChI=1S/C17H24N4S/c1-18-17(20-12-16-9-6-10-22-16)19-11-14-7-4-5-8-15(14)13-21(2)3/h4-10H,11-13H2,1-3H3,(H2,18,19,20). The molecule has 0 aliphatic carbocycles. The Morgan fingerprint density at radius 3 is 2.41 bits per heavy atom. The van der Waals surface area contributed by atoms with Gasteiger partial charge in [-0.25, -0.2) is 0 Å². The molecule has 4 nitrogen and oxygen atoms in total. The van der Waals surface area contributed by atoms with Gasteiger partial charge in [0.2, 0.25) is 0 Å². The summed E-state index contributed by atoms with van der Waals surface area (Å²) in [4.78, 5) is 7.77. The molecule has 2 rings (SSSR count). The van der Waals surface area contributed by atoms with Crippen LogP contribution in [0.1, 0.15) is 16.0 Å². The molecule has 0 atom stereocenters. The summed E-state index contributed by atoms with van der Waals surface area (Å²) in [6, 6.07) is 12.7. The minimum Gasteiger partial charge on any atom is -0.352 e. The largest absolute Gasteiger partial charge is 0.352 e. The SMILES string of the molecule is CN=C(NCc1cccs1)NCc1ccccc1CN(C)C. The molecule has 0 saturated carbocycles. The zero-order valence-corrected chi connectivity index (χ0v) is 14.3. The summed E-state index contributed by atoms with van der Waals surface area (Å²) >= 11 is 1.75. The fraction of sp³-hybridized carbons (Fsp3) is 0.353. The Morgan fingerprint density at radius 2 is 1.77 bits per heavy atom. The maximum atomic E-state index is 4.28. The van der Waals surface area contributed by atoms with Gasteiger partial charge >= 0.3 is 0 Å². The molecule has 118 valence electrons. The van der Waals surface area contributed by atoms with Crippen molar-refractivity contribution in [2.24, 2.45) is 4.99 Å². The third-order valence-electron chi connectivity index (χ3n) is 3.29. The minimum atomic E-state index is 0.772. The zero-order chi connectivity index (χ0) is 15.8. The van der Waals surface area contributed by atoms with Crippen LogP contribution < -0.4 is 10.6 Å². The summed E-state index contributed by atoms with van der Waals surface area (Å²) in [6.45, 7) is 2.52. The van der Waals surface area contributed by atoms with Gasteiger partial charge in [0.15, 0.2) is 5.96 Å². The van der Waals surface area contributed by atoms with Crippen LogP contribution in [0.4, 0.5) is 0 Å². The predicted molar refractivity (Wildman–Crippen MR) is 95.2 cm³/mol. The fourth-order valence-electron chi connectivity index (χ4n) is 2.21. The molecule has 2 N–H and O–H groups in total. The van der Waals surface area contributed by atoms with E-state index in [1.165, 1.54) is 16.0 Å². The summed E-state index contributed by atoms with van der Waals surface area (Å²) in [6.07, 6.45) is 0. The lowest BCUT2D eigenvalue weighted by Gasteiger charge is -2.16. The van der Waals surface area contributed by atoms with E-state index in [9.17, 15) is 0 Å². The lowest BCUT2D eigenvalue weighted by atomic mass is 10.1. The van der Waals surface area contributed by atoms with Crippen molar-refractivity contribution >= 4 is 17.3 Å². The van der Waals surface area contributed by atoms with Crippen molar-refractivity contribution in [1.82, 2.24) is 15.5 Å². The summed E-state index contributed by atoms with van der Waals surface area (Å²) in [5.74, 6) is 0.827. The van der Waals surface area contributed by atoms with Gasteiger partial charge in [-0.1, -0.05) is 30.3 Å². The smallest absolute Gasteiger partial charge is 0.191 e. The van der Waals surface area contributed by atoms with Crippen LogP contribution in [0.25, 0.3) is 0 Å². The van der Waals surface area contributed by atoms with Crippen molar-refractivity contribution in [1.29, 1.82) is 0 Å². The Hall–Kier alpha value is -1.85. The van der Waals surface area contributed by atoms with Gasteiger partial charge in [-0.3, -0.25) is 4.99 Å². The highest BCUT2D eigenvalue weighted by molar-refractivity contribution is 7.09. The molecule has 0 amide bonds. The topological polar surface area (TPSA) is 39.7 Å². The molecule has 0 saturated heterocycles. The summed E-state index contributed by atoms with van der Waals surface area (Å²) < 4.78 is 0. The summed E-state index contributed by atoms with van der Waals surface area (Å²) in [7, 11) is 5.98. The van der Waals surface area contributed by atoms with Crippen LogP contribution in [-0.4, -0.2) is 32.0 Å². The summed E-state index contributed by atoms with van der Waals surface area (Å²) in [5.41, 5.74) is 2.64. The Bertz CT molecular complexity index is 590. The van der Waals surface area contributed by atoms with Gasteiger partial charge in [-0.2, -0.15) is 0 Å². The number of nitrogens with one attached hydrogen (secondary N) is 2. The van der Waals surface area contributed by atoms with Crippen LogP contribution in [0.3, 0.4) is 0 Å². The third-order valence-corrected chi connectivity index (χ3v) is 4.16. The first-order valence-corrected chi connectivity index (χ1v) is 8.25. The molecule has 0 fully saturated rings. The highest BCUT2D eigenvalue weighted by Crippen LogP contribution is 2.10. The number of benzene rings is 1. The predicted octanol–water partition coefficient (Wildman–Crippen LogP) is 2.67. The first kappa shape index (κ1) is 16.5. The van der Waals surface area contributed by atoms with E-state index in [1.807, 2.05) is 0 Å². The minimum absolute atomic E-state index is 0.772. The average molecular weight is 316 g/mol. The van der Waals surface area contributed by atoms with Crippen molar-refractivity contribution in [3.63, 3.8) is 0 Å². The number of nitrogens with zero attached hydrogens (tertiary/aromatic N) is 2. The van der Waals surface area contributed by atoms with Crippen LogP contribution in [0, 0.1) is 0 Å². The maximum Gasteiger partial charge on any atom is 0.191 e. The lowest BCUT2D eigenvalue weighted by Crippen LogP contribution is -2.36. The number of hydrogen-bond acceptors (Lipinski definition) is 3. The molecule has 0 bridgehead atoms. The molecule has 0 aliphatic rings. The van der Waals surface area contributed by atoms with Gasteiger partial charge in [0.1, 0.15) is 0 Å². The van der Waals surface area contributed by atoms with E-state index in [1.54, 1.807) is 18.4 Å². The summed E-state index contributed by atoms with van der Waals surface area (Å²) in [5, 5.41) is 8.82. The monoisotopic (exact) mass is 316 g/mol. The van der Waals surface area contributed by atoms with Gasteiger partial charge in [-0.15, -0.1) is 11.3 Å². The number of thiophene rings is 1. The van der Waals surface area contributed by atoms with Crippen molar-refractivity contribution < 1.29 is 0 Å². The third kappa shape index (κ3) is 5.16. The van der Waals surface area contributed by atoms with Crippen LogP contribution >= 0.6 is 11.3 Å². The highest BCUT2D eigenvalue weighted by Gasteiger charge is 2.04. The maximum absolute atomic E-state index is 4.28. The fourth-order valence-corrected chi connectivity index (χ4v) is 2.85. The second-order valence-electron chi connectivity index (χ2n) is 5.37. The molecule has 0 spiro atoms. The van der Waals surface area contributed by atoms with E-state index in [4.69, 9.17) is 0 Å². The number of guanidine groups is 1. The number of rotatable bonds is 6. The first-order chi connectivity index (χ1) is 10.7. The first-order valence-electron chi connectivity index (χ1n) is 7.37. The van der Waals surface area contributed by atoms with Gasteiger partial charge in [0.05, 0.1) is 6.54 Å². The van der Waals surface area contributed by atoms with Gasteiger partial charge in [-0.05, 0) is 36.7 Å². The van der Waals surface area contributed by atoms with Crippen molar-refractivity contribution in [2.45, 2.75) is 19.6 Å². The Morgan fingerprint density at radius 1 is 1.05 bits per heavy atom. The zero-order valence-electron chi connectivity index (χ0n) is 13.5. The Balaban J connectivity index is 1.90. The van der Waals surface area contributed by atoms with E-state index in [2.05, 4.69) is 76.4 Å². The van der Waals surface area contributed by atoms with Gasteiger partial charge in [0, 0.05) is 25.0 Å². The van der Waals surface area contributed by atoms with E-state index in [0.717, 1.165) is 25.6 Å². The quantitative estimate of drug-likeness (QED) is 0.636. The second kappa shape index (κ2) is 8.56. The molecule has 5 heteroatoms. The number of hydrogen-bond donors (Lipinski definition) is 2. The molecule has 1 aromatic heterocycles. The molecule has 0 aliphatic heterocycles. The van der Waals surface area contributed by atoms with Crippen LogP contribution in [0.15, 0.2) is 46.8 Å². The second-order valence-corrected chi connectivity index (χ2v) is 6.40. The highest BCUT2D eigenvalue weighted by atomic mass is 32.1. The van der Waals surface area contributed by atoms with Crippen molar-refractivity contribution in [3.05, 3.63) is 57.8 Å². The molecule has 1 heterocycles. The van der Waals surface area contributed by atoms with Crippen LogP contribution in [-0.2, 0) is 19.6 Å². The molecule has 22 heavy (non-hydrogen) atoms. The van der Waals surface area contributed by atoms with Crippen LogP contribution in [0.5, 0.6) is 0 Å². The molecule has 0 radical (unpaired) electrons. The molecule has 0 unspecified atom stereocenters. The van der Waals surface area contributed by atoms with Crippen molar-refractivity contribution in [2.75, 3.05) is 21.1 Å². The van der Waals surface area contributed by atoms with E-state index < -0.39 is 0 Å². The number of aliphatic imine (C=N–C) groups is 1. The van der Waals surface area contributed by atoms with E-state index >= 15 is 0 Å². The van der Waals surface area contributed by atoms with E-state index in [-0.39, 0.29) is 0 Å². The molecular weight excluding hydrogens is 292 g/mol. The Kier molecular flexibility index (Phi) is 6.43. The normalized spacial score (nSPS) is 11.7. The molecule has 1 aromatic carbocycles. The molecule has 2 aromatic rings. The van der Waals surface area contributed by atoms with Gasteiger partial charge < -0.3 is 15.5 Å².